The molecule has 0 spiro atoms. The summed E-state index contributed by atoms with van der Waals surface area (Å²) in [7, 11) is 1.61. The van der Waals surface area contributed by atoms with Gasteiger partial charge in [0.2, 0.25) is 5.91 Å². The first-order valence-electron chi connectivity index (χ1n) is 6.61. The molecule has 5 heteroatoms. The number of halogens is 1. The SMILES string of the molecule is COc1ccc(NCCC(=O)Nc2ccccc2F)cc1. The number of nitrogens with one attached hydrogen (secondary N) is 2. The van der Waals surface area contributed by atoms with E-state index in [1.165, 1.54) is 12.1 Å². The van der Waals surface area contributed by atoms with Crippen molar-refractivity contribution in [2.24, 2.45) is 0 Å². The normalized spacial score (nSPS) is 10.0. The van der Waals surface area contributed by atoms with E-state index in [1.807, 2.05) is 24.3 Å². The van der Waals surface area contributed by atoms with E-state index in [2.05, 4.69) is 10.6 Å². The van der Waals surface area contributed by atoms with Crippen LogP contribution in [0.25, 0.3) is 0 Å². The van der Waals surface area contributed by atoms with Gasteiger partial charge in [0.05, 0.1) is 12.8 Å². The molecule has 0 fully saturated rings. The third kappa shape index (κ3) is 4.49. The molecule has 2 aromatic carbocycles. The maximum Gasteiger partial charge on any atom is 0.226 e. The Balaban J connectivity index is 1.77. The fourth-order valence-electron chi connectivity index (χ4n) is 1.80. The van der Waals surface area contributed by atoms with Gasteiger partial charge in [0, 0.05) is 18.7 Å². The van der Waals surface area contributed by atoms with Gasteiger partial charge in [-0.05, 0) is 36.4 Å². The lowest BCUT2D eigenvalue weighted by Crippen LogP contribution is -2.16. The fraction of sp³-hybridized carbons (Fsp3) is 0.188. The molecular weight excluding hydrogens is 271 g/mol. The van der Waals surface area contributed by atoms with Crippen molar-refractivity contribution in [3.05, 3.63) is 54.3 Å². The molecule has 0 saturated carbocycles. The van der Waals surface area contributed by atoms with E-state index < -0.39 is 5.82 Å². The van der Waals surface area contributed by atoms with Crippen LogP contribution in [0.1, 0.15) is 6.42 Å². The number of ether oxygens (including phenoxy) is 1. The lowest BCUT2D eigenvalue weighted by molar-refractivity contribution is -0.116. The summed E-state index contributed by atoms with van der Waals surface area (Å²) in [6.45, 7) is 0.465. The van der Waals surface area contributed by atoms with Crippen LogP contribution in [0.15, 0.2) is 48.5 Å². The smallest absolute Gasteiger partial charge is 0.226 e. The van der Waals surface area contributed by atoms with Gasteiger partial charge in [0.1, 0.15) is 11.6 Å². The average molecular weight is 288 g/mol. The third-order valence-corrected chi connectivity index (χ3v) is 2.92. The van der Waals surface area contributed by atoms with Crippen molar-refractivity contribution in [2.75, 3.05) is 24.3 Å². The maximum atomic E-state index is 13.4. The summed E-state index contributed by atoms with van der Waals surface area (Å²) >= 11 is 0. The molecule has 2 N–H and O–H groups in total. The van der Waals surface area contributed by atoms with Crippen molar-refractivity contribution >= 4 is 17.3 Å². The van der Waals surface area contributed by atoms with Gasteiger partial charge in [-0.3, -0.25) is 4.79 Å². The van der Waals surface area contributed by atoms with Crippen molar-refractivity contribution in [2.45, 2.75) is 6.42 Å². The summed E-state index contributed by atoms with van der Waals surface area (Å²) in [5, 5.41) is 5.66. The summed E-state index contributed by atoms with van der Waals surface area (Å²) in [5.74, 6) is 0.105. The highest BCUT2D eigenvalue weighted by Crippen LogP contribution is 2.15. The van der Waals surface area contributed by atoms with E-state index in [0.29, 0.717) is 6.54 Å². The fourth-order valence-corrected chi connectivity index (χ4v) is 1.80. The zero-order chi connectivity index (χ0) is 15.1. The highest BCUT2D eigenvalue weighted by molar-refractivity contribution is 5.91. The van der Waals surface area contributed by atoms with Crippen LogP contribution in [0.5, 0.6) is 5.75 Å². The van der Waals surface area contributed by atoms with E-state index in [-0.39, 0.29) is 18.0 Å². The number of rotatable bonds is 6. The van der Waals surface area contributed by atoms with Crippen LogP contribution in [0.3, 0.4) is 0 Å². The molecule has 21 heavy (non-hydrogen) atoms. The van der Waals surface area contributed by atoms with Crippen LogP contribution >= 0.6 is 0 Å². The van der Waals surface area contributed by atoms with Gasteiger partial charge < -0.3 is 15.4 Å². The van der Waals surface area contributed by atoms with Crippen molar-refractivity contribution < 1.29 is 13.9 Å². The van der Waals surface area contributed by atoms with E-state index >= 15 is 0 Å². The largest absolute Gasteiger partial charge is 0.497 e. The Hall–Kier alpha value is -2.56. The van der Waals surface area contributed by atoms with Gasteiger partial charge in [-0.2, -0.15) is 0 Å². The highest BCUT2D eigenvalue weighted by atomic mass is 19.1. The summed E-state index contributed by atoms with van der Waals surface area (Å²) in [5.41, 5.74) is 1.10. The second-order valence-electron chi connectivity index (χ2n) is 4.43. The Morgan fingerprint density at radius 1 is 1.14 bits per heavy atom. The zero-order valence-electron chi connectivity index (χ0n) is 11.7. The number of methoxy groups -OCH3 is 1. The van der Waals surface area contributed by atoms with Gasteiger partial charge in [0.15, 0.2) is 0 Å². The summed E-state index contributed by atoms with van der Waals surface area (Å²) in [4.78, 5) is 11.7. The van der Waals surface area contributed by atoms with Crippen LogP contribution in [0, 0.1) is 5.82 Å². The summed E-state index contributed by atoms with van der Waals surface area (Å²) < 4.78 is 18.4. The highest BCUT2D eigenvalue weighted by Gasteiger charge is 2.05. The first-order valence-corrected chi connectivity index (χ1v) is 6.61. The Bertz CT molecular complexity index is 599. The minimum absolute atomic E-state index is 0.201. The second kappa shape index (κ2) is 7.28. The molecule has 0 aliphatic carbocycles. The number of carbonyl (C=O) groups is 1. The molecule has 4 nitrogen and oxygen atoms in total. The van der Waals surface area contributed by atoms with Crippen LogP contribution in [-0.4, -0.2) is 19.6 Å². The van der Waals surface area contributed by atoms with Crippen LogP contribution < -0.4 is 15.4 Å². The lowest BCUT2D eigenvalue weighted by Gasteiger charge is -2.08. The Morgan fingerprint density at radius 2 is 1.86 bits per heavy atom. The van der Waals surface area contributed by atoms with Gasteiger partial charge in [-0.15, -0.1) is 0 Å². The summed E-state index contributed by atoms with van der Waals surface area (Å²) in [6.07, 6.45) is 0.250. The van der Waals surface area contributed by atoms with Crippen molar-refractivity contribution in [3.63, 3.8) is 0 Å². The Labute approximate surface area is 122 Å². The topological polar surface area (TPSA) is 50.4 Å². The molecule has 0 atom stereocenters. The Kier molecular flexibility index (Phi) is 5.15. The molecule has 0 heterocycles. The predicted octanol–water partition coefficient (Wildman–Crippen LogP) is 3.28. The molecule has 0 aromatic heterocycles. The Morgan fingerprint density at radius 3 is 2.52 bits per heavy atom. The minimum Gasteiger partial charge on any atom is -0.497 e. The maximum absolute atomic E-state index is 13.4. The zero-order valence-corrected chi connectivity index (χ0v) is 11.7. The molecule has 2 rings (SSSR count). The number of anilines is 2. The molecule has 110 valence electrons. The standard InChI is InChI=1S/C16H17FN2O2/c1-21-13-8-6-12(7-9-13)18-11-10-16(20)19-15-5-3-2-4-14(15)17/h2-9,18H,10-11H2,1H3,(H,19,20). The average Bonchev–Trinajstić information content (AvgIpc) is 2.50. The molecule has 1 amide bonds. The van der Waals surface area contributed by atoms with Crippen molar-refractivity contribution in [1.82, 2.24) is 0 Å². The number of hydrogen-bond donors (Lipinski definition) is 2. The quantitative estimate of drug-likeness (QED) is 0.857. The lowest BCUT2D eigenvalue weighted by atomic mass is 10.2. The second-order valence-corrected chi connectivity index (χ2v) is 4.43. The van der Waals surface area contributed by atoms with E-state index in [1.54, 1.807) is 19.2 Å². The molecule has 0 saturated heterocycles. The first-order chi connectivity index (χ1) is 10.2. The van der Waals surface area contributed by atoms with Crippen molar-refractivity contribution in [3.8, 4) is 5.75 Å². The molecule has 0 radical (unpaired) electrons. The van der Waals surface area contributed by atoms with Crippen LogP contribution in [-0.2, 0) is 4.79 Å². The van der Waals surface area contributed by atoms with Crippen molar-refractivity contribution in [1.29, 1.82) is 0 Å². The van der Waals surface area contributed by atoms with Gasteiger partial charge in [-0.25, -0.2) is 4.39 Å². The number of amides is 1. The molecule has 0 unspecified atom stereocenters. The van der Waals surface area contributed by atoms with E-state index in [4.69, 9.17) is 4.74 Å². The molecule has 0 aliphatic heterocycles. The van der Waals surface area contributed by atoms with Crippen LogP contribution in [0.2, 0.25) is 0 Å². The number of para-hydroxylation sites is 1. The van der Waals surface area contributed by atoms with E-state index in [0.717, 1.165) is 11.4 Å². The molecule has 0 aliphatic rings. The van der Waals surface area contributed by atoms with Gasteiger partial charge in [-0.1, -0.05) is 12.1 Å². The first kappa shape index (κ1) is 14.8. The van der Waals surface area contributed by atoms with Crippen LogP contribution in [0.4, 0.5) is 15.8 Å². The minimum atomic E-state index is -0.436. The monoisotopic (exact) mass is 288 g/mol. The van der Waals surface area contributed by atoms with Gasteiger partial charge >= 0.3 is 0 Å². The van der Waals surface area contributed by atoms with Gasteiger partial charge in [0.25, 0.3) is 0 Å². The summed E-state index contributed by atoms with van der Waals surface area (Å²) in [6, 6.07) is 13.5. The molecule has 2 aromatic rings. The number of benzene rings is 2. The van der Waals surface area contributed by atoms with E-state index in [9.17, 15) is 9.18 Å². The molecular formula is C16H17FN2O2. The number of hydrogen-bond acceptors (Lipinski definition) is 3. The number of carbonyl (C=O) groups excluding carboxylic acids is 1. The predicted molar refractivity (Wildman–Crippen MR) is 81.1 cm³/mol. The third-order valence-electron chi connectivity index (χ3n) is 2.92. The molecule has 0 bridgehead atoms.